The third-order valence-corrected chi connectivity index (χ3v) is 4.37. The molecule has 0 radical (unpaired) electrons. The maximum Gasteiger partial charge on any atom is 0.412 e. The molecule has 1 N–H and O–H groups in total. The minimum Gasteiger partial charge on any atom is -0.407 e. The molecule has 1 aromatic carbocycles. The lowest BCUT2D eigenvalue weighted by molar-refractivity contribution is 0.201. The molecule has 2 aromatic rings. The van der Waals surface area contributed by atoms with E-state index in [4.69, 9.17) is 4.74 Å². The number of amides is 1. The van der Waals surface area contributed by atoms with Gasteiger partial charge in [0, 0.05) is 43.8 Å². The number of carbonyl (C=O) groups excluding carboxylic acids is 1. The zero-order valence-electron chi connectivity index (χ0n) is 14.3. The number of hydrogen-bond acceptors (Lipinski definition) is 4. The van der Waals surface area contributed by atoms with Crippen molar-refractivity contribution < 1.29 is 13.9 Å². The first kappa shape index (κ1) is 17.2. The minimum absolute atomic E-state index is 0.0184. The number of rotatable bonds is 6. The predicted molar refractivity (Wildman–Crippen MR) is 94.6 cm³/mol. The summed E-state index contributed by atoms with van der Waals surface area (Å²) in [7, 11) is 1.44. The van der Waals surface area contributed by atoms with Crippen LogP contribution in [0.4, 0.5) is 14.9 Å². The topological polar surface area (TPSA) is 54.5 Å². The van der Waals surface area contributed by atoms with Crippen molar-refractivity contribution in [3.8, 4) is 5.75 Å². The number of ether oxygens (including phenoxy) is 1. The minimum atomic E-state index is -0.664. The van der Waals surface area contributed by atoms with Crippen molar-refractivity contribution in [1.29, 1.82) is 0 Å². The summed E-state index contributed by atoms with van der Waals surface area (Å²) in [6, 6.07) is 9.06. The molecule has 5 nitrogen and oxygen atoms in total. The average Bonchev–Trinajstić information content (AvgIpc) is 3.01. The van der Waals surface area contributed by atoms with E-state index in [1.807, 2.05) is 24.4 Å². The second-order valence-electron chi connectivity index (χ2n) is 6.07. The van der Waals surface area contributed by atoms with Crippen LogP contribution in [0.5, 0.6) is 5.75 Å². The Labute approximate surface area is 146 Å². The van der Waals surface area contributed by atoms with E-state index in [1.54, 1.807) is 6.07 Å². The molecule has 0 spiro atoms. The Balaban J connectivity index is 1.56. The molecule has 1 amide bonds. The highest BCUT2D eigenvalue weighted by Gasteiger charge is 2.22. The summed E-state index contributed by atoms with van der Waals surface area (Å²) in [5.74, 6) is -0.530. The van der Waals surface area contributed by atoms with Crippen molar-refractivity contribution in [2.24, 2.45) is 0 Å². The number of halogens is 1. The van der Waals surface area contributed by atoms with E-state index in [0.717, 1.165) is 55.7 Å². The summed E-state index contributed by atoms with van der Waals surface area (Å²) < 4.78 is 19.1. The summed E-state index contributed by atoms with van der Waals surface area (Å²) in [6.45, 7) is 1.75. The van der Waals surface area contributed by atoms with E-state index in [2.05, 4.69) is 15.2 Å². The fourth-order valence-corrected chi connectivity index (χ4v) is 3.07. The Kier molecular flexibility index (Phi) is 5.48. The van der Waals surface area contributed by atoms with Crippen molar-refractivity contribution in [1.82, 2.24) is 10.3 Å². The number of unbranched alkanes of at least 4 members (excludes halogenated alkanes) is 1. The highest BCUT2D eigenvalue weighted by molar-refractivity contribution is 5.71. The number of fused-ring (bicyclic) bond motifs is 1. The number of aryl methyl sites for hydroxylation is 1. The lowest BCUT2D eigenvalue weighted by Crippen LogP contribution is -2.23. The van der Waals surface area contributed by atoms with Gasteiger partial charge in [-0.2, -0.15) is 0 Å². The number of aromatic nitrogens is 1. The van der Waals surface area contributed by atoms with Crippen LogP contribution in [0.1, 0.15) is 24.1 Å². The van der Waals surface area contributed by atoms with E-state index in [0.29, 0.717) is 0 Å². The van der Waals surface area contributed by atoms with Gasteiger partial charge in [-0.1, -0.05) is 6.07 Å². The molecular weight excluding hydrogens is 321 g/mol. The third-order valence-electron chi connectivity index (χ3n) is 4.37. The molecule has 132 valence electrons. The van der Waals surface area contributed by atoms with Crippen LogP contribution in [0.2, 0.25) is 0 Å². The van der Waals surface area contributed by atoms with Gasteiger partial charge in [-0.15, -0.1) is 0 Å². The van der Waals surface area contributed by atoms with Gasteiger partial charge in [0.15, 0.2) is 11.6 Å². The number of carbonyl (C=O) groups is 1. The van der Waals surface area contributed by atoms with Crippen LogP contribution >= 0.6 is 0 Å². The van der Waals surface area contributed by atoms with Gasteiger partial charge < -0.3 is 15.0 Å². The lowest BCUT2D eigenvalue weighted by Gasteiger charge is -2.19. The summed E-state index contributed by atoms with van der Waals surface area (Å²) in [5.41, 5.74) is 3.02. The van der Waals surface area contributed by atoms with Crippen LogP contribution in [0.15, 0.2) is 36.5 Å². The Morgan fingerprint density at radius 3 is 3.00 bits per heavy atom. The molecule has 2 heterocycles. The molecule has 1 aromatic heterocycles. The van der Waals surface area contributed by atoms with Gasteiger partial charge in [0.1, 0.15) is 0 Å². The monoisotopic (exact) mass is 343 g/mol. The number of nitrogens with one attached hydrogen (secondary N) is 1. The number of benzene rings is 1. The smallest absolute Gasteiger partial charge is 0.407 e. The van der Waals surface area contributed by atoms with Crippen LogP contribution in [0, 0.1) is 5.82 Å². The van der Waals surface area contributed by atoms with Gasteiger partial charge in [-0.05, 0) is 49.4 Å². The van der Waals surface area contributed by atoms with Crippen molar-refractivity contribution in [2.75, 3.05) is 25.0 Å². The zero-order chi connectivity index (χ0) is 17.6. The summed E-state index contributed by atoms with van der Waals surface area (Å²) in [5, 5.41) is 2.32. The fraction of sp³-hybridized carbons (Fsp3) is 0.368. The molecule has 0 saturated heterocycles. The van der Waals surface area contributed by atoms with E-state index in [9.17, 15) is 9.18 Å². The van der Waals surface area contributed by atoms with Crippen molar-refractivity contribution >= 4 is 11.8 Å². The largest absolute Gasteiger partial charge is 0.412 e. The van der Waals surface area contributed by atoms with Crippen molar-refractivity contribution in [3.63, 3.8) is 0 Å². The van der Waals surface area contributed by atoms with Crippen LogP contribution in [-0.4, -0.2) is 31.2 Å². The summed E-state index contributed by atoms with van der Waals surface area (Å²) in [4.78, 5) is 17.8. The van der Waals surface area contributed by atoms with E-state index >= 15 is 0 Å². The lowest BCUT2D eigenvalue weighted by atomic mass is 10.1. The number of nitrogens with zero attached hydrogens (tertiary/aromatic N) is 2. The van der Waals surface area contributed by atoms with Crippen LogP contribution < -0.4 is 15.0 Å². The second-order valence-corrected chi connectivity index (χ2v) is 6.07. The average molecular weight is 343 g/mol. The zero-order valence-corrected chi connectivity index (χ0v) is 14.3. The van der Waals surface area contributed by atoms with Crippen LogP contribution in [-0.2, 0) is 12.8 Å². The molecule has 25 heavy (non-hydrogen) atoms. The molecule has 3 rings (SSSR count). The molecule has 0 unspecified atom stereocenters. The first-order chi connectivity index (χ1) is 12.2. The van der Waals surface area contributed by atoms with Gasteiger partial charge in [-0.3, -0.25) is 4.98 Å². The normalized spacial score (nSPS) is 12.8. The molecule has 0 fully saturated rings. The van der Waals surface area contributed by atoms with Crippen LogP contribution in [0.25, 0.3) is 0 Å². The Morgan fingerprint density at radius 1 is 1.36 bits per heavy atom. The highest BCUT2D eigenvalue weighted by atomic mass is 19.1. The van der Waals surface area contributed by atoms with Gasteiger partial charge in [0.25, 0.3) is 0 Å². The third kappa shape index (κ3) is 4.26. The number of anilines is 1. The number of hydrogen-bond donors (Lipinski definition) is 1. The SMILES string of the molecule is CNC(=O)Oc1cc2c(cc1F)N(CCCCc1ccccn1)CC2. The van der Waals surface area contributed by atoms with Gasteiger partial charge in [-0.25, -0.2) is 9.18 Å². The second kappa shape index (κ2) is 7.96. The predicted octanol–water partition coefficient (Wildman–Crippen LogP) is 3.32. The van der Waals surface area contributed by atoms with Crippen LogP contribution in [0.3, 0.4) is 0 Å². The molecule has 0 aliphatic carbocycles. The fourth-order valence-electron chi connectivity index (χ4n) is 3.07. The first-order valence-corrected chi connectivity index (χ1v) is 8.54. The quantitative estimate of drug-likeness (QED) is 0.818. The summed E-state index contributed by atoms with van der Waals surface area (Å²) in [6.07, 6.45) is 5.00. The number of pyridine rings is 1. The van der Waals surface area contributed by atoms with Gasteiger partial charge >= 0.3 is 6.09 Å². The van der Waals surface area contributed by atoms with Gasteiger partial charge in [0.05, 0.1) is 0 Å². The Morgan fingerprint density at radius 2 is 2.24 bits per heavy atom. The summed E-state index contributed by atoms with van der Waals surface area (Å²) >= 11 is 0. The van der Waals surface area contributed by atoms with Crippen molar-refractivity contribution in [3.05, 3.63) is 53.6 Å². The molecule has 1 aliphatic heterocycles. The maximum atomic E-state index is 14.2. The standard InChI is InChI=1S/C19H22FN3O2/c1-21-19(24)25-18-12-14-8-11-23(17(14)13-16(18)20)10-5-3-7-15-6-2-4-9-22-15/h2,4,6,9,12-13H,3,5,7-8,10-11H2,1H3,(H,21,24). The Hall–Kier alpha value is -2.63. The van der Waals surface area contributed by atoms with Gasteiger partial charge in [0.2, 0.25) is 0 Å². The van der Waals surface area contributed by atoms with E-state index in [1.165, 1.54) is 13.1 Å². The van der Waals surface area contributed by atoms with E-state index < -0.39 is 11.9 Å². The molecule has 1 aliphatic rings. The highest BCUT2D eigenvalue weighted by Crippen LogP contribution is 2.33. The molecule has 6 heteroatoms. The maximum absolute atomic E-state index is 14.2. The molecule has 0 saturated carbocycles. The van der Waals surface area contributed by atoms with E-state index in [-0.39, 0.29) is 5.75 Å². The molecule has 0 bridgehead atoms. The molecule has 0 atom stereocenters. The van der Waals surface area contributed by atoms with Crippen molar-refractivity contribution in [2.45, 2.75) is 25.7 Å². The molecular formula is C19H22FN3O2. The Bertz CT molecular complexity index is 737. The first-order valence-electron chi connectivity index (χ1n) is 8.54.